The number of rotatable bonds is 6. The standard InChI is InChI=1S/C20H27N5/c1-4-17(19(21-2)14-25-8-6-5-7-9-25)16-10-15-11-20(22-3)24-13-18(15)23-12-16/h4,10-13,21H,1,5-9,14H2,2-3H3,(H,22,24)/b19-17+. The molecular weight excluding hydrogens is 310 g/mol. The van der Waals surface area contributed by atoms with E-state index in [0.29, 0.717) is 0 Å². The molecule has 0 spiro atoms. The fourth-order valence-corrected chi connectivity index (χ4v) is 3.37. The van der Waals surface area contributed by atoms with Crippen LogP contribution in [0, 0.1) is 0 Å². The van der Waals surface area contributed by atoms with E-state index in [1.165, 1.54) is 38.0 Å². The largest absolute Gasteiger partial charge is 0.390 e. The van der Waals surface area contributed by atoms with Crippen LogP contribution in [0.4, 0.5) is 5.82 Å². The van der Waals surface area contributed by atoms with Gasteiger partial charge in [-0.1, -0.05) is 19.1 Å². The molecule has 0 aromatic carbocycles. The van der Waals surface area contributed by atoms with Gasteiger partial charge in [-0.15, -0.1) is 0 Å². The van der Waals surface area contributed by atoms with Crippen LogP contribution < -0.4 is 10.6 Å². The smallest absolute Gasteiger partial charge is 0.126 e. The zero-order chi connectivity index (χ0) is 17.6. The van der Waals surface area contributed by atoms with Gasteiger partial charge in [0, 0.05) is 49.1 Å². The second kappa shape index (κ2) is 8.12. The summed E-state index contributed by atoms with van der Waals surface area (Å²) in [4.78, 5) is 11.4. The minimum Gasteiger partial charge on any atom is -0.390 e. The lowest BCUT2D eigenvalue weighted by Gasteiger charge is -2.28. The molecular formula is C20H27N5. The molecule has 3 rings (SSSR count). The average molecular weight is 337 g/mol. The van der Waals surface area contributed by atoms with E-state index < -0.39 is 0 Å². The molecule has 0 atom stereocenters. The molecule has 0 amide bonds. The van der Waals surface area contributed by atoms with Crippen molar-refractivity contribution >= 4 is 22.3 Å². The number of hydrogen-bond donors (Lipinski definition) is 2. The topological polar surface area (TPSA) is 53.1 Å². The van der Waals surface area contributed by atoms with Crippen LogP contribution in [0.1, 0.15) is 24.8 Å². The zero-order valence-corrected chi connectivity index (χ0v) is 15.2. The number of fused-ring (bicyclic) bond motifs is 1. The first kappa shape index (κ1) is 17.4. The monoisotopic (exact) mass is 337 g/mol. The van der Waals surface area contributed by atoms with Crippen LogP contribution in [0.2, 0.25) is 0 Å². The molecule has 0 bridgehead atoms. The first-order chi connectivity index (χ1) is 12.2. The van der Waals surface area contributed by atoms with Gasteiger partial charge < -0.3 is 10.6 Å². The molecule has 0 saturated carbocycles. The SMILES string of the molecule is C=C/C(=C(/CN1CCCCC1)NC)c1cnc2cnc(NC)cc2c1. The van der Waals surface area contributed by atoms with Gasteiger partial charge in [0.2, 0.25) is 0 Å². The fourth-order valence-electron chi connectivity index (χ4n) is 3.37. The molecule has 1 aliphatic heterocycles. The minimum absolute atomic E-state index is 0.845. The lowest BCUT2D eigenvalue weighted by Crippen LogP contribution is -2.34. The molecule has 1 fully saturated rings. The Morgan fingerprint density at radius 3 is 2.64 bits per heavy atom. The summed E-state index contributed by atoms with van der Waals surface area (Å²) in [7, 11) is 3.86. The summed E-state index contributed by atoms with van der Waals surface area (Å²) in [6.07, 6.45) is 9.57. The highest BCUT2D eigenvalue weighted by Crippen LogP contribution is 2.24. The van der Waals surface area contributed by atoms with Gasteiger partial charge in [-0.05, 0) is 38.1 Å². The lowest BCUT2D eigenvalue weighted by atomic mass is 10.0. The Hall–Kier alpha value is -2.40. The number of likely N-dealkylation sites (N-methyl/N-ethyl adjacent to an activating group) is 1. The number of hydrogen-bond acceptors (Lipinski definition) is 5. The third-order valence-corrected chi connectivity index (χ3v) is 4.80. The van der Waals surface area contributed by atoms with Crippen LogP contribution in [0.5, 0.6) is 0 Å². The summed E-state index contributed by atoms with van der Waals surface area (Å²) < 4.78 is 0. The van der Waals surface area contributed by atoms with E-state index in [-0.39, 0.29) is 0 Å². The maximum atomic E-state index is 4.58. The summed E-state index contributed by atoms with van der Waals surface area (Å²) in [5.41, 5.74) is 4.29. The Balaban J connectivity index is 1.96. The van der Waals surface area contributed by atoms with Gasteiger partial charge in [0.25, 0.3) is 0 Å². The first-order valence-corrected chi connectivity index (χ1v) is 8.94. The quantitative estimate of drug-likeness (QED) is 0.792. The van der Waals surface area contributed by atoms with Gasteiger partial charge in [0.05, 0.1) is 11.7 Å². The number of nitrogens with zero attached hydrogens (tertiary/aromatic N) is 3. The highest BCUT2D eigenvalue weighted by molar-refractivity contribution is 5.86. The zero-order valence-electron chi connectivity index (χ0n) is 15.2. The molecule has 0 unspecified atom stereocenters. The summed E-state index contributed by atoms with van der Waals surface area (Å²) in [6.45, 7) is 7.31. The van der Waals surface area contributed by atoms with E-state index in [1.807, 2.05) is 32.4 Å². The van der Waals surface area contributed by atoms with Crippen molar-refractivity contribution in [3.63, 3.8) is 0 Å². The molecule has 0 aliphatic carbocycles. The minimum atomic E-state index is 0.845. The predicted molar refractivity (Wildman–Crippen MR) is 106 cm³/mol. The Morgan fingerprint density at radius 2 is 1.96 bits per heavy atom. The number of piperidine rings is 1. The van der Waals surface area contributed by atoms with Gasteiger partial charge >= 0.3 is 0 Å². The second-order valence-corrected chi connectivity index (χ2v) is 6.42. The van der Waals surface area contributed by atoms with Crippen molar-refractivity contribution in [2.45, 2.75) is 19.3 Å². The Labute approximate surface area is 149 Å². The molecule has 2 aromatic rings. The van der Waals surface area contributed by atoms with E-state index in [0.717, 1.165) is 34.4 Å². The van der Waals surface area contributed by atoms with Crippen LogP contribution >= 0.6 is 0 Å². The molecule has 2 aromatic heterocycles. The van der Waals surface area contributed by atoms with Crippen molar-refractivity contribution in [1.82, 2.24) is 20.2 Å². The van der Waals surface area contributed by atoms with Gasteiger partial charge in [0.1, 0.15) is 5.82 Å². The highest BCUT2D eigenvalue weighted by atomic mass is 15.1. The normalized spacial score (nSPS) is 16.4. The maximum absolute atomic E-state index is 4.58. The van der Waals surface area contributed by atoms with Crippen molar-refractivity contribution in [3.8, 4) is 0 Å². The van der Waals surface area contributed by atoms with Gasteiger partial charge in [-0.3, -0.25) is 9.88 Å². The molecule has 3 heterocycles. The number of anilines is 1. The third-order valence-electron chi connectivity index (χ3n) is 4.80. The van der Waals surface area contributed by atoms with E-state index in [9.17, 15) is 0 Å². The van der Waals surface area contributed by atoms with Crippen molar-refractivity contribution < 1.29 is 0 Å². The highest BCUT2D eigenvalue weighted by Gasteiger charge is 2.14. The van der Waals surface area contributed by atoms with Gasteiger partial charge in [-0.2, -0.15) is 0 Å². The first-order valence-electron chi connectivity index (χ1n) is 8.94. The Kier molecular flexibility index (Phi) is 5.66. The summed E-state index contributed by atoms with van der Waals surface area (Å²) in [5, 5.41) is 7.54. The van der Waals surface area contributed by atoms with Crippen LogP contribution in [0.3, 0.4) is 0 Å². The van der Waals surface area contributed by atoms with Crippen LogP contribution in [-0.4, -0.2) is 48.6 Å². The van der Waals surface area contributed by atoms with E-state index in [2.05, 4.69) is 38.1 Å². The lowest BCUT2D eigenvalue weighted by molar-refractivity contribution is 0.244. The number of allylic oxidation sites excluding steroid dienone is 2. The van der Waals surface area contributed by atoms with Gasteiger partial charge in [-0.25, -0.2) is 4.98 Å². The number of aromatic nitrogens is 2. The van der Waals surface area contributed by atoms with Crippen molar-refractivity contribution in [2.75, 3.05) is 39.0 Å². The fraction of sp³-hybridized carbons (Fsp3) is 0.400. The summed E-state index contributed by atoms with van der Waals surface area (Å²) >= 11 is 0. The number of likely N-dealkylation sites (tertiary alicyclic amines) is 1. The molecule has 1 saturated heterocycles. The molecule has 1 aliphatic rings. The van der Waals surface area contributed by atoms with Crippen molar-refractivity contribution in [2.24, 2.45) is 0 Å². The van der Waals surface area contributed by atoms with E-state index in [1.54, 1.807) is 6.20 Å². The van der Waals surface area contributed by atoms with Crippen LogP contribution in [0.25, 0.3) is 16.5 Å². The number of pyridine rings is 2. The van der Waals surface area contributed by atoms with E-state index >= 15 is 0 Å². The average Bonchev–Trinajstić information content (AvgIpc) is 2.67. The molecule has 5 heteroatoms. The van der Waals surface area contributed by atoms with Crippen molar-refractivity contribution in [1.29, 1.82) is 0 Å². The van der Waals surface area contributed by atoms with Crippen LogP contribution in [-0.2, 0) is 0 Å². The Morgan fingerprint density at radius 1 is 1.16 bits per heavy atom. The van der Waals surface area contributed by atoms with Gasteiger partial charge in [0.15, 0.2) is 0 Å². The molecule has 2 N–H and O–H groups in total. The predicted octanol–water partition coefficient (Wildman–Crippen LogP) is 3.27. The molecule has 5 nitrogen and oxygen atoms in total. The summed E-state index contributed by atoms with van der Waals surface area (Å²) in [5.74, 6) is 0.845. The van der Waals surface area contributed by atoms with Crippen LogP contribution in [0.15, 0.2) is 42.9 Å². The van der Waals surface area contributed by atoms with Crippen molar-refractivity contribution in [3.05, 3.63) is 48.4 Å². The molecule has 25 heavy (non-hydrogen) atoms. The summed E-state index contributed by atoms with van der Waals surface area (Å²) in [6, 6.07) is 4.19. The molecule has 132 valence electrons. The third kappa shape index (κ3) is 3.99. The van der Waals surface area contributed by atoms with E-state index in [4.69, 9.17) is 0 Å². The Bertz CT molecular complexity index is 775. The second-order valence-electron chi connectivity index (χ2n) is 6.42. The molecule has 0 radical (unpaired) electrons. The number of nitrogens with one attached hydrogen (secondary N) is 2. The maximum Gasteiger partial charge on any atom is 0.126 e.